The molecule has 1 fully saturated rings. The number of piperidine rings is 1. The first kappa shape index (κ1) is 11.3. The van der Waals surface area contributed by atoms with E-state index in [4.69, 9.17) is 5.73 Å². The van der Waals surface area contributed by atoms with Gasteiger partial charge < -0.3 is 10.6 Å². The van der Waals surface area contributed by atoms with Crippen molar-refractivity contribution >= 4 is 5.95 Å². The van der Waals surface area contributed by atoms with Crippen LogP contribution >= 0.6 is 0 Å². The molecular formula is C12H20N4. The minimum atomic E-state index is 0.324. The maximum Gasteiger partial charge on any atom is 0.225 e. The van der Waals surface area contributed by atoms with Crippen LogP contribution in [0.5, 0.6) is 0 Å². The van der Waals surface area contributed by atoms with E-state index in [-0.39, 0.29) is 0 Å². The Kier molecular flexibility index (Phi) is 3.72. The summed E-state index contributed by atoms with van der Waals surface area (Å²) in [7, 11) is 0. The molecule has 1 saturated heterocycles. The van der Waals surface area contributed by atoms with Crippen LogP contribution in [0.2, 0.25) is 0 Å². The molecule has 0 unspecified atom stereocenters. The Hall–Kier alpha value is -1.16. The second-order valence-electron chi connectivity index (χ2n) is 4.69. The molecule has 2 heterocycles. The summed E-state index contributed by atoms with van der Waals surface area (Å²) in [6.45, 7) is 4.20. The van der Waals surface area contributed by atoms with Crippen LogP contribution in [0.4, 0.5) is 5.95 Å². The van der Waals surface area contributed by atoms with E-state index in [1.54, 1.807) is 12.4 Å². The predicted octanol–water partition coefficient (Wildman–Crippen LogP) is 1.43. The van der Waals surface area contributed by atoms with E-state index < -0.39 is 0 Å². The molecule has 4 heteroatoms. The van der Waals surface area contributed by atoms with Crippen LogP contribution in [0.3, 0.4) is 0 Å². The smallest absolute Gasteiger partial charge is 0.225 e. The molecule has 0 spiro atoms. The molecule has 2 rings (SSSR count). The van der Waals surface area contributed by atoms with Crippen molar-refractivity contribution in [2.24, 2.45) is 11.7 Å². The average Bonchev–Trinajstić information content (AvgIpc) is 2.30. The van der Waals surface area contributed by atoms with Crippen molar-refractivity contribution in [1.29, 1.82) is 0 Å². The lowest BCUT2D eigenvalue weighted by Gasteiger charge is -2.32. The summed E-state index contributed by atoms with van der Waals surface area (Å²) < 4.78 is 0. The maximum absolute atomic E-state index is 5.83. The molecule has 2 N–H and O–H groups in total. The SMILES string of the molecule is C[C@@H](N)CC1CCN(c2ncccn2)CC1. The summed E-state index contributed by atoms with van der Waals surface area (Å²) in [5.41, 5.74) is 5.83. The second-order valence-corrected chi connectivity index (χ2v) is 4.69. The van der Waals surface area contributed by atoms with Gasteiger partial charge in [0, 0.05) is 31.5 Å². The number of nitrogens with two attached hydrogens (primary N) is 1. The Labute approximate surface area is 96.9 Å². The molecule has 4 nitrogen and oxygen atoms in total. The summed E-state index contributed by atoms with van der Waals surface area (Å²) in [5, 5.41) is 0. The van der Waals surface area contributed by atoms with E-state index in [9.17, 15) is 0 Å². The second kappa shape index (κ2) is 5.25. The monoisotopic (exact) mass is 220 g/mol. The summed E-state index contributed by atoms with van der Waals surface area (Å²) in [5.74, 6) is 1.64. The number of hydrogen-bond donors (Lipinski definition) is 1. The molecule has 0 saturated carbocycles. The molecular weight excluding hydrogens is 200 g/mol. The van der Waals surface area contributed by atoms with Crippen molar-refractivity contribution < 1.29 is 0 Å². The largest absolute Gasteiger partial charge is 0.341 e. The molecule has 16 heavy (non-hydrogen) atoms. The van der Waals surface area contributed by atoms with Gasteiger partial charge in [0.05, 0.1) is 0 Å². The third-order valence-electron chi connectivity index (χ3n) is 3.15. The van der Waals surface area contributed by atoms with Crippen LogP contribution in [0.1, 0.15) is 26.2 Å². The van der Waals surface area contributed by atoms with E-state index in [1.807, 2.05) is 6.07 Å². The van der Waals surface area contributed by atoms with Crippen molar-refractivity contribution in [2.75, 3.05) is 18.0 Å². The van der Waals surface area contributed by atoms with Gasteiger partial charge in [-0.1, -0.05) is 0 Å². The summed E-state index contributed by atoms with van der Waals surface area (Å²) in [6, 6.07) is 2.18. The lowest BCUT2D eigenvalue weighted by atomic mass is 9.91. The summed E-state index contributed by atoms with van der Waals surface area (Å²) in [4.78, 5) is 10.8. The fourth-order valence-electron chi connectivity index (χ4n) is 2.35. The molecule has 1 aliphatic rings. The van der Waals surface area contributed by atoms with Crippen molar-refractivity contribution in [2.45, 2.75) is 32.2 Å². The Balaban J connectivity index is 1.86. The highest BCUT2D eigenvalue weighted by Gasteiger charge is 2.21. The molecule has 0 amide bonds. The topological polar surface area (TPSA) is 55.0 Å². The van der Waals surface area contributed by atoms with Gasteiger partial charge in [-0.15, -0.1) is 0 Å². The fourth-order valence-corrected chi connectivity index (χ4v) is 2.35. The molecule has 1 aliphatic heterocycles. The highest BCUT2D eigenvalue weighted by Crippen LogP contribution is 2.23. The van der Waals surface area contributed by atoms with Crippen molar-refractivity contribution in [3.8, 4) is 0 Å². The molecule has 0 bridgehead atoms. The van der Waals surface area contributed by atoms with Gasteiger partial charge in [-0.2, -0.15) is 0 Å². The molecule has 0 aromatic carbocycles. The third-order valence-corrected chi connectivity index (χ3v) is 3.15. The van der Waals surface area contributed by atoms with Gasteiger partial charge in [0.25, 0.3) is 0 Å². The molecule has 0 radical (unpaired) electrons. The predicted molar refractivity (Wildman–Crippen MR) is 65.2 cm³/mol. The zero-order valence-electron chi connectivity index (χ0n) is 9.84. The van der Waals surface area contributed by atoms with E-state index in [0.717, 1.165) is 31.4 Å². The highest BCUT2D eigenvalue weighted by molar-refractivity contribution is 5.28. The van der Waals surface area contributed by atoms with Crippen molar-refractivity contribution in [3.63, 3.8) is 0 Å². The minimum absolute atomic E-state index is 0.324. The van der Waals surface area contributed by atoms with E-state index >= 15 is 0 Å². The number of anilines is 1. The number of hydrogen-bond acceptors (Lipinski definition) is 4. The zero-order chi connectivity index (χ0) is 11.4. The van der Waals surface area contributed by atoms with Gasteiger partial charge >= 0.3 is 0 Å². The lowest BCUT2D eigenvalue weighted by molar-refractivity contribution is 0.358. The van der Waals surface area contributed by atoms with Crippen LogP contribution in [-0.4, -0.2) is 29.1 Å². The van der Waals surface area contributed by atoms with Crippen LogP contribution < -0.4 is 10.6 Å². The van der Waals surface area contributed by atoms with E-state index in [2.05, 4.69) is 21.8 Å². The van der Waals surface area contributed by atoms with Gasteiger partial charge in [-0.05, 0) is 38.2 Å². The first-order valence-corrected chi connectivity index (χ1v) is 6.03. The van der Waals surface area contributed by atoms with E-state index in [0.29, 0.717) is 6.04 Å². The third kappa shape index (κ3) is 2.92. The summed E-state index contributed by atoms with van der Waals surface area (Å²) in [6.07, 6.45) is 7.16. The standard InChI is InChI=1S/C12H20N4/c1-10(13)9-11-3-7-16(8-4-11)12-14-5-2-6-15-12/h2,5-6,10-11H,3-4,7-9,13H2,1H3/t10-/m1/s1. The van der Waals surface area contributed by atoms with Crippen LogP contribution in [0.15, 0.2) is 18.5 Å². The van der Waals surface area contributed by atoms with Crippen molar-refractivity contribution in [1.82, 2.24) is 9.97 Å². The quantitative estimate of drug-likeness (QED) is 0.837. The van der Waals surface area contributed by atoms with Crippen molar-refractivity contribution in [3.05, 3.63) is 18.5 Å². The van der Waals surface area contributed by atoms with Crippen LogP contribution in [-0.2, 0) is 0 Å². The van der Waals surface area contributed by atoms with Gasteiger partial charge in [0.2, 0.25) is 5.95 Å². The maximum atomic E-state index is 5.83. The average molecular weight is 220 g/mol. The molecule has 88 valence electrons. The Morgan fingerprint density at radius 2 is 2.00 bits per heavy atom. The fraction of sp³-hybridized carbons (Fsp3) is 0.667. The number of nitrogens with zero attached hydrogens (tertiary/aromatic N) is 3. The molecule has 1 aromatic rings. The van der Waals surface area contributed by atoms with Crippen LogP contribution in [0.25, 0.3) is 0 Å². The van der Waals surface area contributed by atoms with Gasteiger partial charge in [-0.3, -0.25) is 0 Å². The highest BCUT2D eigenvalue weighted by atomic mass is 15.2. The van der Waals surface area contributed by atoms with E-state index in [1.165, 1.54) is 12.8 Å². The zero-order valence-corrected chi connectivity index (χ0v) is 9.84. The normalized spacial score (nSPS) is 19.8. The molecule has 0 aliphatic carbocycles. The lowest BCUT2D eigenvalue weighted by Crippen LogP contribution is -2.36. The van der Waals surface area contributed by atoms with Gasteiger partial charge in [-0.25, -0.2) is 9.97 Å². The molecule has 1 aromatic heterocycles. The first-order chi connectivity index (χ1) is 7.75. The molecule has 1 atom stereocenters. The van der Waals surface area contributed by atoms with Gasteiger partial charge in [0.1, 0.15) is 0 Å². The number of aromatic nitrogens is 2. The van der Waals surface area contributed by atoms with Crippen LogP contribution in [0, 0.1) is 5.92 Å². The Bertz CT molecular complexity index is 304. The Morgan fingerprint density at radius 1 is 1.38 bits per heavy atom. The van der Waals surface area contributed by atoms with Gasteiger partial charge in [0.15, 0.2) is 0 Å². The minimum Gasteiger partial charge on any atom is -0.341 e. The summed E-state index contributed by atoms with van der Waals surface area (Å²) >= 11 is 0. The number of rotatable bonds is 3. The Morgan fingerprint density at radius 3 is 2.56 bits per heavy atom. The first-order valence-electron chi connectivity index (χ1n) is 6.03.